The van der Waals surface area contributed by atoms with Crippen LogP contribution in [-0.4, -0.2) is 99.5 Å². The van der Waals surface area contributed by atoms with Gasteiger partial charge >= 0.3 is 0 Å². The van der Waals surface area contributed by atoms with E-state index in [1.54, 1.807) is 23.6 Å². The van der Waals surface area contributed by atoms with Gasteiger partial charge in [-0.25, -0.2) is 18.2 Å². The zero-order chi connectivity index (χ0) is 50.4. The molecule has 6 atom stereocenters. The van der Waals surface area contributed by atoms with E-state index in [1.165, 1.54) is 60.9 Å². The first kappa shape index (κ1) is 52.3. The van der Waals surface area contributed by atoms with Gasteiger partial charge in [-0.1, -0.05) is 80.4 Å². The normalized spacial score (nSPS) is 23.2. The molecule has 3 aliphatic rings. The van der Waals surface area contributed by atoms with Crippen LogP contribution in [0.25, 0.3) is 11.3 Å². The van der Waals surface area contributed by atoms with Crippen molar-refractivity contribution in [3.8, 4) is 23.1 Å². The van der Waals surface area contributed by atoms with E-state index in [2.05, 4.69) is 32.3 Å². The predicted octanol–water partition coefficient (Wildman–Crippen LogP) is 7.92. The van der Waals surface area contributed by atoms with Crippen molar-refractivity contribution in [3.05, 3.63) is 123 Å². The van der Waals surface area contributed by atoms with Crippen LogP contribution in [0.1, 0.15) is 57.1 Å². The maximum Gasteiger partial charge on any atom is 0.258 e. The van der Waals surface area contributed by atoms with Gasteiger partial charge in [-0.2, -0.15) is 9.65 Å². The van der Waals surface area contributed by atoms with Gasteiger partial charge in [-0.3, -0.25) is 14.4 Å². The SMILES string of the molecule is COC1(C(=O)NCCCCNC(=O)COc2c(-c3csc(N4CCOCC4)n3)ccc(F)c2F)C=CC=CC1NC(=O)[C@@H]1N[C@@H](CC(C)(C)C)[C@](C#N)(c2ccc(Cl)cc2F)[C@H]1c1cccc(Cl)c1F. The third-order valence-electron chi connectivity index (χ3n) is 12.6. The average Bonchev–Trinajstić information content (AvgIpc) is 3.95. The predicted molar refractivity (Wildman–Crippen MR) is 259 cm³/mol. The van der Waals surface area contributed by atoms with Crippen molar-refractivity contribution in [2.45, 2.75) is 75.1 Å². The fourth-order valence-electron chi connectivity index (χ4n) is 9.25. The highest BCUT2D eigenvalue weighted by Gasteiger charge is 2.61. The summed E-state index contributed by atoms with van der Waals surface area (Å²) in [6.07, 6.45) is 7.27. The van der Waals surface area contributed by atoms with Gasteiger partial charge in [-0.15, -0.1) is 11.3 Å². The highest BCUT2D eigenvalue weighted by molar-refractivity contribution is 7.14. The fraction of sp³-hybridized carbons (Fsp3) is 0.420. The molecular weight excluding hydrogens is 974 g/mol. The quantitative estimate of drug-likeness (QED) is 0.0603. The van der Waals surface area contributed by atoms with Crippen LogP contribution in [0.5, 0.6) is 5.75 Å². The first-order valence-electron chi connectivity index (χ1n) is 22.7. The number of morpholine rings is 1. The summed E-state index contributed by atoms with van der Waals surface area (Å²) < 4.78 is 78.6. The molecule has 70 heavy (non-hydrogen) atoms. The Kier molecular flexibility index (Phi) is 16.6. The number of allylic oxidation sites excluding steroid dienone is 2. The Balaban J connectivity index is 0.995. The summed E-state index contributed by atoms with van der Waals surface area (Å²) in [5.41, 5.74) is -3.74. The maximum absolute atomic E-state index is 16.3. The molecule has 1 aliphatic carbocycles. The van der Waals surface area contributed by atoms with Gasteiger partial charge in [-0.05, 0) is 66.6 Å². The molecule has 7 rings (SSSR count). The lowest BCUT2D eigenvalue weighted by Gasteiger charge is -2.38. The number of halogens is 6. The number of thiazole rings is 1. The molecule has 20 heteroatoms. The monoisotopic (exact) mass is 1030 g/mol. The van der Waals surface area contributed by atoms with Gasteiger partial charge in [0.2, 0.25) is 11.7 Å². The molecule has 2 aliphatic heterocycles. The summed E-state index contributed by atoms with van der Waals surface area (Å²) in [5, 5.41) is 25.2. The number of carbonyl (C=O) groups excluding carboxylic acids is 3. The lowest BCUT2D eigenvalue weighted by molar-refractivity contribution is -0.141. The van der Waals surface area contributed by atoms with Crippen LogP contribution in [0, 0.1) is 40.0 Å². The molecule has 4 aromatic rings. The molecule has 372 valence electrons. The van der Waals surface area contributed by atoms with Crippen LogP contribution in [0.3, 0.4) is 0 Å². The smallest absolute Gasteiger partial charge is 0.258 e. The topological polar surface area (TPSA) is 167 Å². The Morgan fingerprint density at radius 3 is 2.44 bits per heavy atom. The summed E-state index contributed by atoms with van der Waals surface area (Å²) in [6, 6.07) is 9.37. The molecule has 0 bridgehead atoms. The number of anilines is 1. The third kappa shape index (κ3) is 11.0. The van der Waals surface area contributed by atoms with Gasteiger partial charge in [0.1, 0.15) is 17.0 Å². The van der Waals surface area contributed by atoms with E-state index in [9.17, 15) is 24.0 Å². The number of hydrogen-bond donors (Lipinski definition) is 4. The summed E-state index contributed by atoms with van der Waals surface area (Å²) in [7, 11) is 1.30. The Morgan fingerprint density at radius 1 is 1.00 bits per heavy atom. The number of nitrogens with zero attached hydrogens (tertiary/aromatic N) is 3. The Labute approximate surface area is 417 Å². The van der Waals surface area contributed by atoms with Crippen molar-refractivity contribution in [1.29, 1.82) is 5.26 Å². The Hall–Kier alpha value is -5.55. The van der Waals surface area contributed by atoms with E-state index in [1.807, 2.05) is 25.7 Å². The minimum atomic E-state index is -1.88. The van der Waals surface area contributed by atoms with Crippen LogP contribution in [0.15, 0.2) is 78.2 Å². The third-order valence-corrected chi connectivity index (χ3v) is 14.0. The highest BCUT2D eigenvalue weighted by Crippen LogP contribution is 2.53. The molecule has 1 aromatic heterocycles. The van der Waals surface area contributed by atoms with Gasteiger partial charge in [0.15, 0.2) is 28.9 Å². The van der Waals surface area contributed by atoms with E-state index >= 15 is 13.2 Å². The fourth-order valence-corrected chi connectivity index (χ4v) is 10.5. The first-order valence-corrected chi connectivity index (χ1v) is 24.3. The summed E-state index contributed by atoms with van der Waals surface area (Å²) in [6.45, 7) is 7.83. The number of amides is 3. The molecule has 2 fully saturated rings. The Bertz CT molecular complexity index is 2690. The number of aromatic nitrogens is 1. The number of benzene rings is 3. The molecule has 3 amide bonds. The molecule has 2 unspecified atom stereocenters. The van der Waals surface area contributed by atoms with E-state index in [0.29, 0.717) is 50.0 Å². The second-order valence-corrected chi connectivity index (χ2v) is 20.0. The zero-order valence-electron chi connectivity index (χ0n) is 38.9. The minimum absolute atomic E-state index is 0.0781. The molecule has 3 heterocycles. The molecule has 0 saturated carbocycles. The Morgan fingerprint density at radius 2 is 1.74 bits per heavy atom. The van der Waals surface area contributed by atoms with Crippen LogP contribution in [0.2, 0.25) is 10.0 Å². The van der Waals surface area contributed by atoms with Crippen LogP contribution in [-0.2, 0) is 29.3 Å². The maximum atomic E-state index is 16.3. The van der Waals surface area contributed by atoms with Gasteiger partial charge in [0.05, 0.1) is 42.1 Å². The largest absolute Gasteiger partial charge is 0.480 e. The number of nitrogens with one attached hydrogen (secondary N) is 4. The second kappa shape index (κ2) is 22.3. The number of rotatable bonds is 17. The van der Waals surface area contributed by atoms with Crippen molar-refractivity contribution >= 4 is 57.4 Å². The molecule has 0 spiro atoms. The average molecular weight is 1030 g/mol. The zero-order valence-corrected chi connectivity index (χ0v) is 41.2. The first-order chi connectivity index (χ1) is 33.4. The van der Waals surface area contributed by atoms with Crippen LogP contribution >= 0.6 is 34.5 Å². The number of hydrogen-bond acceptors (Lipinski definition) is 11. The van der Waals surface area contributed by atoms with Crippen LogP contribution in [0.4, 0.5) is 22.7 Å². The van der Waals surface area contributed by atoms with Crippen molar-refractivity contribution < 1.29 is 46.2 Å². The molecule has 3 aromatic carbocycles. The van der Waals surface area contributed by atoms with E-state index in [4.69, 9.17) is 37.4 Å². The van der Waals surface area contributed by atoms with E-state index in [0.717, 1.165) is 12.1 Å². The van der Waals surface area contributed by atoms with Crippen molar-refractivity contribution in [2.24, 2.45) is 5.41 Å². The lowest BCUT2D eigenvalue weighted by Crippen LogP contribution is -2.62. The van der Waals surface area contributed by atoms with E-state index < -0.39 is 93.8 Å². The summed E-state index contributed by atoms with van der Waals surface area (Å²) in [4.78, 5) is 48.3. The molecule has 0 radical (unpaired) electrons. The van der Waals surface area contributed by atoms with Crippen LogP contribution < -0.4 is 30.9 Å². The van der Waals surface area contributed by atoms with Gasteiger partial charge in [0.25, 0.3) is 11.8 Å². The molecule has 13 nitrogen and oxygen atoms in total. The number of carbonyl (C=O) groups is 3. The highest BCUT2D eigenvalue weighted by atomic mass is 35.5. The molecule has 4 N–H and O–H groups in total. The second-order valence-electron chi connectivity index (χ2n) is 18.4. The molecule has 2 saturated heterocycles. The minimum Gasteiger partial charge on any atom is -0.480 e. The standard InChI is InChI=1S/C50H53Cl2F4N7O6S/c1-48(2,3)25-38-49(28-57,32-15-13-29(51)24-35(32)54)40(31-10-9-11-33(52)41(31)55)43(61-38)45(65)62-37-12-5-6-17-50(37,67-4)46(66)59-19-8-7-18-58-39(64)26-69-44-30(14-16-34(53)42(44)56)36-27-70-47(60-36)63-20-22-68-23-21-63/h5-6,9-17,24,27,37-38,40,43,61H,7-8,18-23,25-26H2,1-4H3,(H,58,64)(H,59,66)(H,62,65)/t37?,38-,40-,43+,49-,50?/m0/s1. The van der Waals surface area contributed by atoms with E-state index in [-0.39, 0.29) is 46.2 Å². The summed E-state index contributed by atoms with van der Waals surface area (Å²) in [5.74, 6) is -7.79. The van der Waals surface area contributed by atoms with Crippen molar-refractivity contribution in [2.75, 3.05) is 58.0 Å². The molecular formula is C50H53Cl2F4N7O6S. The number of methoxy groups -OCH3 is 1. The summed E-state index contributed by atoms with van der Waals surface area (Å²) >= 11 is 13.8. The number of unbranched alkanes of at least 4 members (excludes halogenated alkanes) is 1. The van der Waals surface area contributed by atoms with Gasteiger partial charge in [0, 0.05) is 66.8 Å². The number of ether oxygens (including phenoxy) is 3. The number of nitriles is 1. The van der Waals surface area contributed by atoms with Crippen molar-refractivity contribution in [1.82, 2.24) is 26.3 Å². The van der Waals surface area contributed by atoms with Gasteiger partial charge < -0.3 is 40.4 Å². The van der Waals surface area contributed by atoms with Crippen molar-refractivity contribution in [3.63, 3.8) is 0 Å². The lowest BCUT2D eigenvalue weighted by atomic mass is 9.62.